The molecule has 0 aliphatic heterocycles. The van der Waals surface area contributed by atoms with Gasteiger partial charge in [0.2, 0.25) is 0 Å². The lowest BCUT2D eigenvalue weighted by Crippen LogP contribution is -2.05. The van der Waals surface area contributed by atoms with E-state index in [0.29, 0.717) is 17.0 Å². The minimum Gasteiger partial charge on any atom is -0.448 e. The third-order valence-corrected chi connectivity index (χ3v) is 2.75. The summed E-state index contributed by atoms with van der Waals surface area (Å²) in [6.07, 6.45) is 1.63. The summed E-state index contributed by atoms with van der Waals surface area (Å²) >= 11 is 9.01. The second-order valence-corrected chi connectivity index (χ2v) is 4.58. The monoisotopic (exact) mass is 312 g/mol. The van der Waals surface area contributed by atoms with E-state index in [0.717, 1.165) is 10.6 Å². The van der Waals surface area contributed by atoms with Gasteiger partial charge in [0, 0.05) is 5.02 Å². The quantitative estimate of drug-likeness (QED) is 0.688. The van der Waals surface area contributed by atoms with Crippen LogP contribution in [0.3, 0.4) is 0 Å². The van der Waals surface area contributed by atoms with Crippen molar-refractivity contribution in [2.24, 2.45) is 5.10 Å². The predicted molar refractivity (Wildman–Crippen MR) is 72.3 cm³/mol. The lowest BCUT2D eigenvalue weighted by molar-refractivity contribution is 0.533. The maximum atomic E-state index is 5.79. The molecule has 17 heavy (non-hydrogen) atoms. The first-order chi connectivity index (χ1) is 8.24. The zero-order valence-electron chi connectivity index (χ0n) is 8.86. The van der Waals surface area contributed by atoms with E-state index in [-0.39, 0.29) is 0 Å². The predicted octanol–water partition coefficient (Wildman–Crippen LogP) is 3.82. The van der Waals surface area contributed by atoms with Crippen molar-refractivity contribution in [2.45, 2.75) is 6.54 Å². The van der Waals surface area contributed by atoms with Crippen molar-refractivity contribution in [1.29, 1.82) is 0 Å². The van der Waals surface area contributed by atoms with Crippen molar-refractivity contribution in [3.8, 4) is 0 Å². The summed E-state index contributed by atoms with van der Waals surface area (Å²) in [6, 6.07) is 11.3. The summed E-state index contributed by atoms with van der Waals surface area (Å²) < 4.78 is 5.95. The van der Waals surface area contributed by atoms with Gasteiger partial charge in [-0.3, -0.25) is 0 Å². The van der Waals surface area contributed by atoms with Crippen LogP contribution in [0.4, 0.5) is 0 Å². The van der Waals surface area contributed by atoms with E-state index in [1.165, 1.54) is 0 Å². The molecule has 0 amide bonds. The molecule has 0 radical (unpaired) electrons. The van der Waals surface area contributed by atoms with E-state index >= 15 is 0 Å². The summed E-state index contributed by atoms with van der Waals surface area (Å²) in [6.45, 7) is 0.648. The highest BCUT2D eigenvalue weighted by atomic mass is 79.9. The van der Waals surface area contributed by atoms with Crippen LogP contribution in [0, 0.1) is 0 Å². The van der Waals surface area contributed by atoms with Gasteiger partial charge in [0.15, 0.2) is 4.67 Å². The van der Waals surface area contributed by atoms with Gasteiger partial charge >= 0.3 is 0 Å². The lowest BCUT2D eigenvalue weighted by atomic mass is 10.2. The molecule has 0 bridgehead atoms. The lowest BCUT2D eigenvalue weighted by Gasteiger charge is -2.00. The Morgan fingerprint density at radius 2 is 2.00 bits per heavy atom. The van der Waals surface area contributed by atoms with Gasteiger partial charge in [0.1, 0.15) is 5.76 Å². The summed E-state index contributed by atoms with van der Waals surface area (Å²) in [4.78, 5) is 0. The molecule has 1 aromatic heterocycles. The van der Waals surface area contributed by atoms with Gasteiger partial charge in [-0.05, 0) is 45.8 Å². The molecule has 1 N–H and O–H groups in total. The number of hydrogen-bond acceptors (Lipinski definition) is 3. The Bertz CT molecular complexity index is 507. The standard InChI is InChI=1S/C12H10BrClN2O/c13-12-6-5-11(17-12)8-16-15-7-9-1-3-10(14)4-2-9/h1-6,8,15H,7H2/b16-8-. The fraction of sp³-hybridized carbons (Fsp3) is 0.0833. The average molecular weight is 314 g/mol. The molecule has 0 aliphatic rings. The minimum atomic E-state index is 0.648. The maximum absolute atomic E-state index is 5.79. The van der Waals surface area contributed by atoms with Crippen LogP contribution in [0.25, 0.3) is 0 Å². The van der Waals surface area contributed by atoms with Gasteiger partial charge in [0.05, 0.1) is 12.8 Å². The maximum Gasteiger partial charge on any atom is 0.169 e. The summed E-state index contributed by atoms with van der Waals surface area (Å²) in [5.74, 6) is 0.695. The Labute approximate surface area is 113 Å². The van der Waals surface area contributed by atoms with Crippen molar-refractivity contribution in [2.75, 3.05) is 0 Å². The molecule has 88 valence electrons. The van der Waals surface area contributed by atoms with Crippen molar-refractivity contribution in [1.82, 2.24) is 5.43 Å². The largest absolute Gasteiger partial charge is 0.448 e. The summed E-state index contributed by atoms with van der Waals surface area (Å²) in [5.41, 5.74) is 4.05. The fourth-order valence-electron chi connectivity index (χ4n) is 1.25. The molecule has 0 saturated heterocycles. The Morgan fingerprint density at radius 3 is 2.65 bits per heavy atom. The van der Waals surface area contributed by atoms with Crippen LogP contribution in [0.1, 0.15) is 11.3 Å². The van der Waals surface area contributed by atoms with Crippen LogP contribution in [0.2, 0.25) is 5.02 Å². The minimum absolute atomic E-state index is 0.648. The smallest absolute Gasteiger partial charge is 0.169 e. The van der Waals surface area contributed by atoms with E-state index in [4.69, 9.17) is 16.0 Å². The highest BCUT2D eigenvalue weighted by molar-refractivity contribution is 9.10. The van der Waals surface area contributed by atoms with E-state index in [9.17, 15) is 0 Å². The van der Waals surface area contributed by atoms with Crippen LogP contribution >= 0.6 is 27.5 Å². The van der Waals surface area contributed by atoms with Crippen LogP contribution in [-0.4, -0.2) is 6.21 Å². The van der Waals surface area contributed by atoms with Gasteiger partial charge in [-0.2, -0.15) is 5.10 Å². The zero-order chi connectivity index (χ0) is 12.1. The number of benzene rings is 1. The molecule has 5 heteroatoms. The van der Waals surface area contributed by atoms with E-state index in [2.05, 4.69) is 26.5 Å². The average Bonchev–Trinajstić information content (AvgIpc) is 2.73. The Balaban J connectivity index is 1.83. The second-order valence-electron chi connectivity index (χ2n) is 3.36. The molecule has 1 aromatic carbocycles. The van der Waals surface area contributed by atoms with Crippen LogP contribution in [0.5, 0.6) is 0 Å². The van der Waals surface area contributed by atoms with Crippen LogP contribution in [-0.2, 0) is 6.54 Å². The first-order valence-corrected chi connectivity index (χ1v) is 6.17. The Kier molecular flexibility index (Phi) is 4.23. The van der Waals surface area contributed by atoms with Gasteiger partial charge in [-0.15, -0.1) is 0 Å². The normalized spacial score (nSPS) is 10.9. The number of furan rings is 1. The molecule has 0 aliphatic carbocycles. The molecular formula is C12H10BrClN2O. The number of nitrogens with one attached hydrogen (secondary N) is 1. The summed E-state index contributed by atoms with van der Waals surface area (Å²) in [5, 5.41) is 4.78. The topological polar surface area (TPSA) is 37.5 Å². The number of hydrazone groups is 1. The molecule has 2 rings (SSSR count). The molecular weight excluding hydrogens is 304 g/mol. The van der Waals surface area contributed by atoms with E-state index in [1.807, 2.05) is 36.4 Å². The summed E-state index contributed by atoms with van der Waals surface area (Å²) in [7, 11) is 0. The molecule has 0 atom stereocenters. The van der Waals surface area contributed by atoms with Crippen molar-refractivity contribution in [3.05, 3.63) is 57.4 Å². The molecule has 0 fully saturated rings. The number of rotatable bonds is 4. The van der Waals surface area contributed by atoms with Gasteiger partial charge in [-0.1, -0.05) is 23.7 Å². The Hall–Kier alpha value is -1.26. The molecule has 0 unspecified atom stereocenters. The molecule has 0 spiro atoms. The van der Waals surface area contributed by atoms with Crippen molar-refractivity contribution >= 4 is 33.7 Å². The zero-order valence-corrected chi connectivity index (χ0v) is 11.2. The van der Waals surface area contributed by atoms with Crippen molar-refractivity contribution in [3.63, 3.8) is 0 Å². The SMILES string of the molecule is Clc1ccc(CN/N=C\c2ccc(Br)o2)cc1. The Morgan fingerprint density at radius 1 is 1.24 bits per heavy atom. The first kappa shape index (κ1) is 12.2. The van der Waals surface area contributed by atoms with Gasteiger partial charge < -0.3 is 9.84 Å². The molecule has 1 heterocycles. The van der Waals surface area contributed by atoms with E-state index < -0.39 is 0 Å². The third-order valence-electron chi connectivity index (χ3n) is 2.07. The van der Waals surface area contributed by atoms with Crippen LogP contribution < -0.4 is 5.43 Å². The molecule has 0 saturated carbocycles. The highest BCUT2D eigenvalue weighted by Crippen LogP contribution is 2.12. The number of nitrogens with zero attached hydrogens (tertiary/aromatic N) is 1. The van der Waals surface area contributed by atoms with Crippen LogP contribution in [0.15, 0.2) is 50.6 Å². The second kappa shape index (κ2) is 5.89. The third kappa shape index (κ3) is 3.91. The van der Waals surface area contributed by atoms with Gasteiger partial charge in [0.25, 0.3) is 0 Å². The number of hydrogen-bond donors (Lipinski definition) is 1. The fourth-order valence-corrected chi connectivity index (χ4v) is 1.69. The van der Waals surface area contributed by atoms with Crippen molar-refractivity contribution < 1.29 is 4.42 Å². The van der Waals surface area contributed by atoms with Gasteiger partial charge in [-0.25, -0.2) is 0 Å². The molecule has 2 aromatic rings. The first-order valence-electron chi connectivity index (χ1n) is 5.00. The van der Waals surface area contributed by atoms with E-state index in [1.54, 1.807) is 6.21 Å². The molecule has 3 nitrogen and oxygen atoms in total. The number of halogens is 2. The highest BCUT2D eigenvalue weighted by Gasteiger charge is 1.94.